The zero-order valence-corrected chi connectivity index (χ0v) is 8.64. The standard InChI is InChI=1S/C10H18N2O2/c1-10(3-2-4-10)12-9(13)8-7-11-5-6-14-8/h8,11H,2-7H2,1H3,(H,12,13). The maximum absolute atomic E-state index is 11.7. The number of hydrogen-bond acceptors (Lipinski definition) is 3. The van der Waals surface area contributed by atoms with Gasteiger partial charge in [0.1, 0.15) is 6.10 Å². The smallest absolute Gasteiger partial charge is 0.250 e. The second-order valence-electron chi connectivity index (χ2n) is 4.47. The molecule has 2 rings (SSSR count). The minimum atomic E-state index is -0.291. The van der Waals surface area contributed by atoms with Crippen LogP contribution >= 0.6 is 0 Å². The molecular weight excluding hydrogens is 180 g/mol. The van der Waals surface area contributed by atoms with Crippen LogP contribution in [0.1, 0.15) is 26.2 Å². The van der Waals surface area contributed by atoms with Gasteiger partial charge in [0.15, 0.2) is 0 Å². The maximum Gasteiger partial charge on any atom is 0.250 e. The van der Waals surface area contributed by atoms with Crippen LogP contribution in [0.5, 0.6) is 0 Å². The number of carbonyl (C=O) groups excluding carboxylic acids is 1. The van der Waals surface area contributed by atoms with E-state index < -0.39 is 0 Å². The quantitative estimate of drug-likeness (QED) is 0.658. The topological polar surface area (TPSA) is 50.4 Å². The second-order valence-corrected chi connectivity index (χ2v) is 4.47. The molecule has 0 radical (unpaired) electrons. The van der Waals surface area contributed by atoms with Gasteiger partial charge in [0.2, 0.25) is 0 Å². The Hall–Kier alpha value is -0.610. The Morgan fingerprint density at radius 3 is 2.86 bits per heavy atom. The number of ether oxygens (including phenoxy) is 1. The molecule has 1 atom stereocenters. The van der Waals surface area contributed by atoms with Gasteiger partial charge in [0.05, 0.1) is 6.61 Å². The van der Waals surface area contributed by atoms with Gasteiger partial charge in [-0.2, -0.15) is 0 Å². The van der Waals surface area contributed by atoms with E-state index in [4.69, 9.17) is 4.74 Å². The molecule has 1 aliphatic carbocycles. The monoisotopic (exact) mass is 198 g/mol. The van der Waals surface area contributed by atoms with E-state index in [2.05, 4.69) is 17.6 Å². The number of carbonyl (C=O) groups is 1. The highest BCUT2D eigenvalue weighted by Crippen LogP contribution is 2.30. The van der Waals surface area contributed by atoms with Crippen molar-refractivity contribution in [2.75, 3.05) is 19.7 Å². The van der Waals surface area contributed by atoms with Gasteiger partial charge in [-0.15, -0.1) is 0 Å². The summed E-state index contributed by atoms with van der Waals surface area (Å²) in [7, 11) is 0. The van der Waals surface area contributed by atoms with E-state index in [1.807, 2.05) is 0 Å². The molecule has 14 heavy (non-hydrogen) atoms. The van der Waals surface area contributed by atoms with E-state index in [0.29, 0.717) is 13.2 Å². The molecule has 2 N–H and O–H groups in total. The van der Waals surface area contributed by atoms with Gasteiger partial charge in [-0.1, -0.05) is 0 Å². The lowest BCUT2D eigenvalue weighted by Crippen LogP contribution is -2.57. The normalized spacial score (nSPS) is 30.5. The predicted octanol–water partition coefficient (Wildman–Crippen LogP) is 0.0336. The molecule has 1 saturated carbocycles. The molecule has 1 saturated heterocycles. The lowest BCUT2D eigenvalue weighted by atomic mass is 9.78. The molecule has 0 aromatic carbocycles. The molecule has 1 aliphatic heterocycles. The molecule has 1 unspecified atom stereocenters. The average Bonchev–Trinajstić information content (AvgIpc) is 2.17. The molecule has 4 nitrogen and oxygen atoms in total. The van der Waals surface area contributed by atoms with E-state index in [9.17, 15) is 4.79 Å². The van der Waals surface area contributed by atoms with Crippen LogP contribution in [0.3, 0.4) is 0 Å². The van der Waals surface area contributed by atoms with Gasteiger partial charge >= 0.3 is 0 Å². The largest absolute Gasteiger partial charge is 0.366 e. The fraction of sp³-hybridized carbons (Fsp3) is 0.900. The van der Waals surface area contributed by atoms with Crippen molar-refractivity contribution < 1.29 is 9.53 Å². The van der Waals surface area contributed by atoms with Crippen molar-refractivity contribution in [3.63, 3.8) is 0 Å². The van der Waals surface area contributed by atoms with E-state index in [0.717, 1.165) is 19.4 Å². The zero-order chi connectivity index (χ0) is 10.0. The van der Waals surface area contributed by atoms with Crippen LogP contribution in [0.15, 0.2) is 0 Å². The molecule has 1 amide bonds. The van der Waals surface area contributed by atoms with Crippen molar-refractivity contribution in [2.24, 2.45) is 0 Å². The molecule has 2 fully saturated rings. The Morgan fingerprint density at radius 1 is 1.57 bits per heavy atom. The van der Waals surface area contributed by atoms with Crippen LogP contribution < -0.4 is 10.6 Å². The van der Waals surface area contributed by atoms with Gasteiger partial charge in [0, 0.05) is 18.6 Å². The van der Waals surface area contributed by atoms with E-state index in [1.165, 1.54) is 6.42 Å². The first-order chi connectivity index (χ1) is 6.70. The van der Waals surface area contributed by atoms with Crippen molar-refractivity contribution in [3.05, 3.63) is 0 Å². The SMILES string of the molecule is CC1(NC(=O)C2CNCCO2)CCC1. The number of morpholine rings is 1. The van der Waals surface area contributed by atoms with Crippen molar-refractivity contribution in [1.82, 2.24) is 10.6 Å². The van der Waals surface area contributed by atoms with Crippen LogP contribution in [-0.4, -0.2) is 37.2 Å². The minimum Gasteiger partial charge on any atom is -0.366 e. The summed E-state index contributed by atoms with van der Waals surface area (Å²) in [4.78, 5) is 11.7. The van der Waals surface area contributed by atoms with Crippen molar-refractivity contribution >= 4 is 5.91 Å². The minimum absolute atomic E-state index is 0.0396. The fourth-order valence-corrected chi connectivity index (χ4v) is 1.94. The molecule has 0 spiro atoms. The summed E-state index contributed by atoms with van der Waals surface area (Å²) in [5.74, 6) is 0.0411. The number of nitrogens with one attached hydrogen (secondary N) is 2. The van der Waals surface area contributed by atoms with Crippen LogP contribution in [-0.2, 0) is 9.53 Å². The molecule has 0 aromatic rings. The third-order valence-electron chi connectivity index (χ3n) is 3.10. The van der Waals surface area contributed by atoms with Crippen molar-refractivity contribution in [3.8, 4) is 0 Å². The molecule has 2 aliphatic rings. The highest BCUT2D eigenvalue weighted by molar-refractivity contribution is 5.82. The van der Waals surface area contributed by atoms with Crippen molar-refractivity contribution in [2.45, 2.75) is 37.8 Å². The summed E-state index contributed by atoms with van der Waals surface area (Å²) in [5.41, 5.74) is 0.0396. The Kier molecular flexibility index (Phi) is 2.74. The molecule has 80 valence electrons. The fourth-order valence-electron chi connectivity index (χ4n) is 1.94. The zero-order valence-electron chi connectivity index (χ0n) is 8.64. The lowest BCUT2D eigenvalue weighted by Gasteiger charge is -2.40. The summed E-state index contributed by atoms with van der Waals surface area (Å²) in [5, 5.41) is 6.21. The number of rotatable bonds is 2. The molecular formula is C10H18N2O2. The average molecular weight is 198 g/mol. The van der Waals surface area contributed by atoms with Gasteiger partial charge in [-0.3, -0.25) is 4.79 Å². The summed E-state index contributed by atoms with van der Waals surface area (Å²) < 4.78 is 5.38. The van der Waals surface area contributed by atoms with E-state index >= 15 is 0 Å². The number of amides is 1. The van der Waals surface area contributed by atoms with Crippen LogP contribution in [0.2, 0.25) is 0 Å². The molecule has 4 heteroatoms. The maximum atomic E-state index is 11.7. The van der Waals surface area contributed by atoms with Crippen LogP contribution in [0, 0.1) is 0 Å². The van der Waals surface area contributed by atoms with Crippen molar-refractivity contribution in [1.29, 1.82) is 0 Å². The highest BCUT2D eigenvalue weighted by Gasteiger charge is 2.35. The first-order valence-corrected chi connectivity index (χ1v) is 5.34. The van der Waals surface area contributed by atoms with Crippen LogP contribution in [0.25, 0.3) is 0 Å². The third-order valence-corrected chi connectivity index (χ3v) is 3.10. The summed E-state index contributed by atoms with van der Waals surface area (Å²) >= 11 is 0. The Morgan fingerprint density at radius 2 is 2.36 bits per heavy atom. The summed E-state index contributed by atoms with van der Waals surface area (Å²) in [6.07, 6.45) is 3.12. The van der Waals surface area contributed by atoms with E-state index in [-0.39, 0.29) is 17.6 Å². The summed E-state index contributed by atoms with van der Waals surface area (Å²) in [6, 6.07) is 0. The predicted molar refractivity (Wildman–Crippen MR) is 53.0 cm³/mol. The second kappa shape index (κ2) is 3.87. The molecule has 0 aromatic heterocycles. The Labute approximate surface area is 84.4 Å². The lowest BCUT2D eigenvalue weighted by molar-refractivity contribution is -0.137. The Balaban J connectivity index is 1.81. The number of hydrogen-bond donors (Lipinski definition) is 2. The first kappa shape index (κ1) is 9.93. The first-order valence-electron chi connectivity index (χ1n) is 5.34. The third kappa shape index (κ3) is 2.07. The van der Waals surface area contributed by atoms with E-state index in [1.54, 1.807) is 0 Å². The highest BCUT2D eigenvalue weighted by atomic mass is 16.5. The van der Waals surface area contributed by atoms with Gasteiger partial charge in [-0.25, -0.2) is 0 Å². The molecule has 1 heterocycles. The van der Waals surface area contributed by atoms with Gasteiger partial charge in [-0.05, 0) is 26.2 Å². The summed E-state index contributed by atoms with van der Waals surface area (Å²) in [6.45, 7) is 4.22. The van der Waals surface area contributed by atoms with Gasteiger partial charge in [0.25, 0.3) is 5.91 Å². The van der Waals surface area contributed by atoms with Crippen LogP contribution in [0.4, 0.5) is 0 Å². The Bertz CT molecular complexity index is 220. The van der Waals surface area contributed by atoms with Gasteiger partial charge < -0.3 is 15.4 Å². The molecule has 0 bridgehead atoms.